The number of hydrogen-bond donors (Lipinski definition) is 3. The normalized spacial score (nSPS) is 26.5. The van der Waals surface area contributed by atoms with Crippen LogP contribution in [0, 0.1) is 0 Å². The van der Waals surface area contributed by atoms with Crippen molar-refractivity contribution in [2.24, 2.45) is 4.99 Å². The molecule has 1 heterocycles. The highest BCUT2D eigenvalue weighted by Crippen LogP contribution is 2.22. The minimum Gasteiger partial charge on any atom is -0.507 e. The maximum Gasteiger partial charge on any atom is 0.124 e. The number of aromatic hydroxyl groups is 1. The van der Waals surface area contributed by atoms with Gasteiger partial charge in [-0.2, -0.15) is 0 Å². The Morgan fingerprint density at radius 2 is 2.24 bits per heavy atom. The number of para-hydroxylation sites is 1. The Morgan fingerprint density at radius 1 is 1.47 bits per heavy atom. The lowest BCUT2D eigenvalue weighted by Gasteiger charge is -2.25. The number of hydrogen-bond acceptors (Lipinski definition) is 4. The second-order valence-corrected chi connectivity index (χ2v) is 4.54. The molecule has 1 fully saturated rings. The first-order valence-electron chi connectivity index (χ1n) is 5.86. The topological polar surface area (TPSA) is 64.9 Å². The zero-order chi connectivity index (χ0) is 12.3. The van der Waals surface area contributed by atoms with Crippen LogP contribution < -0.4 is 5.32 Å². The first kappa shape index (κ1) is 12.1. The van der Waals surface area contributed by atoms with Crippen LogP contribution in [0.15, 0.2) is 29.3 Å². The van der Waals surface area contributed by atoms with Crippen molar-refractivity contribution in [2.75, 3.05) is 13.1 Å². The van der Waals surface area contributed by atoms with Gasteiger partial charge < -0.3 is 15.5 Å². The molecule has 3 N–H and O–H groups in total. The van der Waals surface area contributed by atoms with Crippen molar-refractivity contribution in [2.45, 2.75) is 25.0 Å². The number of rotatable bonds is 3. The van der Waals surface area contributed by atoms with E-state index in [4.69, 9.17) is 0 Å². The zero-order valence-electron chi connectivity index (χ0n) is 9.93. The summed E-state index contributed by atoms with van der Waals surface area (Å²) in [5.74, 6) is 0.208. The molecular formula is C13H18N2O2. The molecule has 0 saturated carbocycles. The van der Waals surface area contributed by atoms with Gasteiger partial charge in [0.15, 0.2) is 0 Å². The van der Waals surface area contributed by atoms with E-state index in [-0.39, 0.29) is 11.8 Å². The summed E-state index contributed by atoms with van der Waals surface area (Å²) >= 11 is 0. The van der Waals surface area contributed by atoms with E-state index in [1.807, 2.05) is 13.0 Å². The molecule has 0 radical (unpaired) electrons. The van der Waals surface area contributed by atoms with E-state index in [0.29, 0.717) is 18.5 Å². The van der Waals surface area contributed by atoms with E-state index in [2.05, 4.69) is 10.3 Å². The number of aliphatic hydroxyl groups is 1. The Balaban J connectivity index is 2.08. The van der Waals surface area contributed by atoms with E-state index in [1.54, 1.807) is 24.4 Å². The van der Waals surface area contributed by atoms with Crippen molar-refractivity contribution >= 4 is 6.21 Å². The number of benzene rings is 1. The first-order valence-corrected chi connectivity index (χ1v) is 5.86. The van der Waals surface area contributed by atoms with Crippen molar-refractivity contribution in [3.63, 3.8) is 0 Å². The Labute approximate surface area is 101 Å². The molecule has 17 heavy (non-hydrogen) atoms. The summed E-state index contributed by atoms with van der Waals surface area (Å²) in [5.41, 5.74) is -0.0881. The summed E-state index contributed by atoms with van der Waals surface area (Å²) in [6, 6.07) is 6.85. The molecular weight excluding hydrogens is 216 g/mol. The summed E-state index contributed by atoms with van der Waals surface area (Å²) < 4.78 is 0. The fraction of sp³-hybridized carbons (Fsp3) is 0.462. The van der Waals surface area contributed by atoms with Crippen molar-refractivity contribution in [3.05, 3.63) is 29.8 Å². The predicted octanol–water partition coefficient (Wildman–Crippen LogP) is 0.924. The van der Waals surface area contributed by atoms with Gasteiger partial charge in [-0.25, -0.2) is 0 Å². The second-order valence-electron chi connectivity index (χ2n) is 4.54. The van der Waals surface area contributed by atoms with E-state index < -0.39 is 5.60 Å². The van der Waals surface area contributed by atoms with Gasteiger partial charge in [-0.05, 0) is 32.0 Å². The molecule has 4 nitrogen and oxygen atoms in total. The monoisotopic (exact) mass is 234 g/mol. The number of phenolic OH excluding ortho intramolecular Hbond substituents is 1. The molecule has 0 aromatic heterocycles. The quantitative estimate of drug-likeness (QED) is 0.681. The van der Waals surface area contributed by atoms with Gasteiger partial charge >= 0.3 is 0 Å². The highest BCUT2D eigenvalue weighted by molar-refractivity contribution is 5.83. The van der Waals surface area contributed by atoms with E-state index in [9.17, 15) is 10.2 Å². The van der Waals surface area contributed by atoms with Crippen LogP contribution in [0.2, 0.25) is 0 Å². The Morgan fingerprint density at radius 3 is 2.88 bits per heavy atom. The van der Waals surface area contributed by atoms with Crippen LogP contribution in [0.1, 0.15) is 18.9 Å². The SMILES string of the molecule is CC(/N=C/c1ccccc1O)C1(O)CCNC1. The molecule has 1 aliphatic heterocycles. The number of aliphatic imine (C=N–C) groups is 1. The van der Waals surface area contributed by atoms with Gasteiger partial charge in [-0.15, -0.1) is 0 Å². The second kappa shape index (κ2) is 4.85. The maximum absolute atomic E-state index is 10.3. The van der Waals surface area contributed by atoms with Crippen LogP contribution in [-0.2, 0) is 0 Å². The van der Waals surface area contributed by atoms with Crippen LogP contribution in [0.25, 0.3) is 0 Å². The van der Waals surface area contributed by atoms with Gasteiger partial charge in [0.05, 0.1) is 6.04 Å². The molecule has 0 aliphatic carbocycles. The molecule has 2 atom stereocenters. The molecule has 0 bridgehead atoms. The predicted molar refractivity (Wildman–Crippen MR) is 67.6 cm³/mol. The molecule has 1 aromatic rings. The number of nitrogens with one attached hydrogen (secondary N) is 1. The maximum atomic E-state index is 10.3. The third-order valence-corrected chi connectivity index (χ3v) is 3.32. The Kier molecular flexibility index (Phi) is 3.45. The average Bonchev–Trinajstić information content (AvgIpc) is 2.76. The van der Waals surface area contributed by atoms with Crippen molar-refractivity contribution < 1.29 is 10.2 Å². The molecule has 1 saturated heterocycles. The van der Waals surface area contributed by atoms with E-state index in [1.165, 1.54) is 0 Å². The molecule has 0 amide bonds. The van der Waals surface area contributed by atoms with Crippen molar-refractivity contribution in [3.8, 4) is 5.75 Å². The highest BCUT2D eigenvalue weighted by Gasteiger charge is 2.36. The zero-order valence-corrected chi connectivity index (χ0v) is 9.93. The van der Waals surface area contributed by atoms with Crippen molar-refractivity contribution in [1.29, 1.82) is 0 Å². The van der Waals surface area contributed by atoms with Crippen LogP contribution in [-0.4, -0.2) is 41.2 Å². The Bertz CT molecular complexity index is 412. The number of nitrogens with zero attached hydrogens (tertiary/aromatic N) is 1. The fourth-order valence-corrected chi connectivity index (χ4v) is 1.98. The molecule has 0 spiro atoms. The lowest BCUT2D eigenvalue weighted by molar-refractivity contribution is 0.0410. The van der Waals surface area contributed by atoms with Gasteiger partial charge in [0.1, 0.15) is 11.4 Å². The smallest absolute Gasteiger partial charge is 0.124 e. The molecule has 92 valence electrons. The van der Waals surface area contributed by atoms with Crippen LogP contribution >= 0.6 is 0 Å². The average molecular weight is 234 g/mol. The van der Waals surface area contributed by atoms with Crippen LogP contribution in [0.4, 0.5) is 0 Å². The summed E-state index contributed by atoms with van der Waals surface area (Å²) in [5, 5.41) is 23.0. The summed E-state index contributed by atoms with van der Waals surface area (Å²) in [7, 11) is 0. The summed E-state index contributed by atoms with van der Waals surface area (Å²) in [6.45, 7) is 3.29. The van der Waals surface area contributed by atoms with Gasteiger partial charge in [0, 0.05) is 18.3 Å². The van der Waals surface area contributed by atoms with Gasteiger partial charge in [0.25, 0.3) is 0 Å². The molecule has 1 aromatic carbocycles. The fourth-order valence-electron chi connectivity index (χ4n) is 1.98. The third-order valence-electron chi connectivity index (χ3n) is 3.32. The largest absolute Gasteiger partial charge is 0.507 e. The summed E-state index contributed by atoms with van der Waals surface area (Å²) in [4.78, 5) is 4.33. The highest BCUT2D eigenvalue weighted by atomic mass is 16.3. The van der Waals surface area contributed by atoms with Crippen LogP contribution in [0.3, 0.4) is 0 Å². The first-order chi connectivity index (χ1) is 8.12. The Hall–Kier alpha value is -1.39. The van der Waals surface area contributed by atoms with Gasteiger partial charge in [-0.1, -0.05) is 12.1 Å². The number of β-amino-alcohol motifs (C(OH)–C–C–N with tert-alkyl or cyclic N) is 1. The molecule has 1 aliphatic rings. The van der Waals surface area contributed by atoms with Crippen molar-refractivity contribution in [1.82, 2.24) is 5.32 Å². The van der Waals surface area contributed by atoms with Gasteiger partial charge in [0.2, 0.25) is 0 Å². The number of phenols is 1. The lowest BCUT2D eigenvalue weighted by atomic mass is 9.95. The molecule has 4 heteroatoms. The lowest BCUT2D eigenvalue weighted by Crippen LogP contribution is -2.41. The summed E-state index contributed by atoms with van der Waals surface area (Å²) in [6.07, 6.45) is 2.34. The third kappa shape index (κ3) is 2.65. The van der Waals surface area contributed by atoms with Gasteiger partial charge in [-0.3, -0.25) is 4.99 Å². The molecule has 2 rings (SSSR count). The molecule has 2 unspecified atom stereocenters. The van der Waals surface area contributed by atoms with Crippen LogP contribution in [0.5, 0.6) is 5.75 Å². The van der Waals surface area contributed by atoms with E-state index in [0.717, 1.165) is 6.54 Å². The van der Waals surface area contributed by atoms with E-state index >= 15 is 0 Å². The minimum absolute atomic E-state index is 0.183. The minimum atomic E-state index is -0.763. The standard InChI is InChI=1S/C13H18N2O2/c1-10(13(17)6-7-14-9-13)15-8-11-4-2-3-5-12(11)16/h2-5,8,10,14,16-17H,6-7,9H2,1H3/b15-8+.